The summed E-state index contributed by atoms with van der Waals surface area (Å²) in [5.74, 6) is 0. The molecule has 0 aromatic rings. The molecule has 0 aromatic heterocycles. The third-order valence-corrected chi connectivity index (χ3v) is 3.18. The van der Waals surface area contributed by atoms with Crippen LogP contribution < -0.4 is 0 Å². The van der Waals surface area contributed by atoms with Crippen LogP contribution in [0.2, 0.25) is 0 Å². The van der Waals surface area contributed by atoms with Crippen LogP contribution in [0.5, 0.6) is 0 Å². The lowest BCUT2D eigenvalue weighted by Gasteiger charge is -2.13. The molecule has 0 atom stereocenters. The molecule has 0 heterocycles. The molecule has 0 saturated heterocycles. The fourth-order valence-electron chi connectivity index (χ4n) is 2.56. The lowest BCUT2D eigenvalue weighted by Crippen LogP contribution is -1.94. The molecule has 0 aromatic carbocycles. The Morgan fingerprint density at radius 3 is 3.00 bits per heavy atom. The van der Waals surface area contributed by atoms with Crippen LogP contribution in [0.1, 0.15) is 32.1 Å². The first-order valence-electron chi connectivity index (χ1n) is 5.14. The van der Waals surface area contributed by atoms with Crippen LogP contribution in [-0.2, 0) is 0 Å². The first-order valence-corrected chi connectivity index (χ1v) is 5.14. The van der Waals surface area contributed by atoms with Gasteiger partial charge in [0.25, 0.3) is 0 Å². The highest BCUT2D eigenvalue weighted by Crippen LogP contribution is 2.41. The zero-order chi connectivity index (χ0) is 8.67. The van der Waals surface area contributed by atoms with Gasteiger partial charge >= 0.3 is 0 Å². The molecule has 3 rings (SSSR count). The summed E-state index contributed by atoms with van der Waals surface area (Å²) in [6.45, 7) is 0. The van der Waals surface area contributed by atoms with Gasteiger partial charge < -0.3 is 0 Å². The van der Waals surface area contributed by atoms with E-state index >= 15 is 0 Å². The van der Waals surface area contributed by atoms with Crippen molar-refractivity contribution in [3.05, 3.63) is 46.6 Å². The van der Waals surface area contributed by atoms with Crippen molar-refractivity contribution in [1.29, 1.82) is 0 Å². The van der Waals surface area contributed by atoms with Gasteiger partial charge in [0.1, 0.15) is 0 Å². The highest BCUT2D eigenvalue weighted by molar-refractivity contribution is 5.55. The second-order valence-electron chi connectivity index (χ2n) is 3.97. The molecular formula is C13H13. The summed E-state index contributed by atoms with van der Waals surface area (Å²) in [5.41, 5.74) is 6.32. The Labute approximate surface area is 79.3 Å². The molecule has 0 N–H and O–H groups in total. The summed E-state index contributed by atoms with van der Waals surface area (Å²) in [6, 6.07) is 0. The second-order valence-corrected chi connectivity index (χ2v) is 3.97. The summed E-state index contributed by atoms with van der Waals surface area (Å²) in [4.78, 5) is 0. The van der Waals surface area contributed by atoms with Crippen LogP contribution in [0.4, 0.5) is 0 Å². The topological polar surface area (TPSA) is 0 Å². The van der Waals surface area contributed by atoms with Crippen molar-refractivity contribution < 1.29 is 0 Å². The van der Waals surface area contributed by atoms with Crippen LogP contribution in [0, 0.1) is 6.08 Å². The molecule has 0 nitrogen and oxygen atoms in total. The van der Waals surface area contributed by atoms with Crippen LogP contribution in [-0.4, -0.2) is 0 Å². The lowest BCUT2D eigenvalue weighted by atomic mass is 9.92. The molecular weight excluding hydrogens is 156 g/mol. The minimum absolute atomic E-state index is 1.15. The molecule has 3 aliphatic rings. The number of hydrogen-bond acceptors (Lipinski definition) is 0. The first-order chi connectivity index (χ1) is 6.45. The molecule has 0 saturated carbocycles. The maximum absolute atomic E-state index is 3.42. The van der Waals surface area contributed by atoms with E-state index in [4.69, 9.17) is 0 Å². The SMILES string of the molecule is [C]1=CCCC2=C1CC1=C2CCC=C1. The summed E-state index contributed by atoms with van der Waals surface area (Å²) < 4.78 is 0. The van der Waals surface area contributed by atoms with E-state index in [0.717, 1.165) is 6.42 Å². The van der Waals surface area contributed by atoms with Crippen molar-refractivity contribution in [2.75, 3.05) is 0 Å². The van der Waals surface area contributed by atoms with Gasteiger partial charge in [-0.15, -0.1) is 0 Å². The van der Waals surface area contributed by atoms with Gasteiger partial charge in [0.15, 0.2) is 0 Å². The second kappa shape index (κ2) is 2.73. The van der Waals surface area contributed by atoms with E-state index in [-0.39, 0.29) is 0 Å². The molecule has 0 bridgehead atoms. The number of rotatable bonds is 0. The van der Waals surface area contributed by atoms with Crippen molar-refractivity contribution in [1.82, 2.24) is 0 Å². The van der Waals surface area contributed by atoms with Gasteiger partial charge in [0, 0.05) is 0 Å². The number of allylic oxidation sites excluding steroid dienone is 8. The largest absolute Gasteiger partial charge is 0.0839 e. The molecule has 65 valence electrons. The number of hydrogen-bond donors (Lipinski definition) is 0. The Hall–Kier alpha value is -1.04. The molecule has 0 unspecified atom stereocenters. The van der Waals surface area contributed by atoms with Gasteiger partial charge in [-0.05, 0) is 60.5 Å². The molecule has 0 spiro atoms. The van der Waals surface area contributed by atoms with Crippen molar-refractivity contribution in [2.24, 2.45) is 0 Å². The Bertz CT molecular complexity index is 325. The van der Waals surface area contributed by atoms with E-state index in [1.54, 1.807) is 16.7 Å². The van der Waals surface area contributed by atoms with Crippen molar-refractivity contribution in [3.8, 4) is 0 Å². The highest BCUT2D eigenvalue weighted by Gasteiger charge is 2.23. The van der Waals surface area contributed by atoms with Gasteiger partial charge in [-0.3, -0.25) is 0 Å². The molecule has 1 radical (unpaired) electrons. The van der Waals surface area contributed by atoms with E-state index in [0.29, 0.717) is 0 Å². The van der Waals surface area contributed by atoms with Gasteiger partial charge in [0.2, 0.25) is 0 Å². The molecule has 0 fully saturated rings. The third-order valence-electron chi connectivity index (χ3n) is 3.18. The van der Waals surface area contributed by atoms with Gasteiger partial charge in [-0.1, -0.05) is 18.2 Å². The van der Waals surface area contributed by atoms with Gasteiger partial charge in [-0.2, -0.15) is 0 Å². The predicted molar refractivity (Wildman–Crippen MR) is 54.1 cm³/mol. The zero-order valence-corrected chi connectivity index (χ0v) is 7.77. The molecule has 0 heteroatoms. The van der Waals surface area contributed by atoms with E-state index in [1.165, 1.54) is 31.3 Å². The van der Waals surface area contributed by atoms with Crippen LogP contribution >= 0.6 is 0 Å². The summed E-state index contributed by atoms with van der Waals surface area (Å²) in [5, 5.41) is 0. The minimum Gasteiger partial charge on any atom is -0.0839 e. The van der Waals surface area contributed by atoms with Crippen LogP contribution in [0.15, 0.2) is 40.5 Å². The molecule has 13 heavy (non-hydrogen) atoms. The Kier molecular flexibility index (Phi) is 1.55. The van der Waals surface area contributed by atoms with Gasteiger partial charge in [-0.25, -0.2) is 0 Å². The first kappa shape index (κ1) is 7.37. The third kappa shape index (κ3) is 1.05. The van der Waals surface area contributed by atoms with E-state index in [9.17, 15) is 0 Å². The minimum atomic E-state index is 1.15. The highest BCUT2D eigenvalue weighted by atomic mass is 14.3. The smallest absolute Gasteiger partial charge is 0.00142 e. The van der Waals surface area contributed by atoms with E-state index in [2.05, 4.69) is 24.3 Å². The lowest BCUT2D eigenvalue weighted by molar-refractivity contribution is 0.895. The quantitative estimate of drug-likeness (QED) is 0.520. The van der Waals surface area contributed by atoms with Crippen molar-refractivity contribution in [2.45, 2.75) is 32.1 Å². The summed E-state index contributed by atoms with van der Waals surface area (Å²) in [6.07, 6.45) is 16.3. The van der Waals surface area contributed by atoms with Crippen molar-refractivity contribution >= 4 is 0 Å². The van der Waals surface area contributed by atoms with E-state index in [1.807, 2.05) is 0 Å². The Morgan fingerprint density at radius 1 is 1.08 bits per heavy atom. The van der Waals surface area contributed by atoms with Crippen LogP contribution in [0.25, 0.3) is 0 Å². The Balaban J connectivity index is 2.05. The van der Waals surface area contributed by atoms with Gasteiger partial charge in [0.05, 0.1) is 0 Å². The standard InChI is InChI=1S/C13H13/c1-3-7-12-10(5-1)9-11-6-2-4-8-13(11)12/h1-2,5H,3-4,7-9H2. The average Bonchev–Trinajstić information content (AvgIpc) is 2.56. The fraction of sp³-hybridized carbons (Fsp3) is 0.385. The monoisotopic (exact) mass is 169 g/mol. The zero-order valence-electron chi connectivity index (χ0n) is 7.77. The Morgan fingerprint density at radius 2 is 2.00 bits per heavy atom. The summed E-state index contributed by atoms with van der Waals surface area (Å²) >= 11 is 0. The average molecular weight is 169 g/mol. The van der Waals surface area contributed by atoms with Crippen molar-refractivity contribution in [3.63, 3.8) is 0 Å². The fourth-order valence-corrected chi connectivity index (χ4v) is 2.56. The summed E-state index contributed by atoms with van der Waals surface area (Å²) in [7, 11) is 0. The maximum Gasteiger partial charge on any atom is -0.00142 e. The normalized spacial score (nSPS) is 25.2. The predicted octanol–water partition coefficient (Wildman–Crippen LogP) is 3.49. The van der Waals surface area contributed by atoms with E-state index < -0.39 is 0 Å². The molecule has 0 aliphatic heterocycles. The van der Waals surface area contributed by atoms with Crippen LogP contribution in [0.3, 0.4) is 0 Å². The molecule has 0 amide bonds. The molecule has 3 aliphatic carbocycles. The maximum atomic E-state index is 3.42. The number of fused-ring (bicyclic) bond motifs is 1.